The van der Waals surface area contributed by atoms with Crippen LogP contribution in [0.25, 0.3) is 5.57 Å². The normalized spacial score (nSPS) is 17.6. The second-order valence-corrected chi connectivity index (χ2v) is 6.88. The summed E-state index contributed by atoms with van der Waals surface area (Å²) >= 11 is 0. The molecule has 4 nitrogen and oxygen atoms in total. The number of rotatable bonds is 6. The average molecular weight is 385 g/mol. The summed E-state index contributed by atoms with van der Waals surface area (Å²) in [4.78, 5) is 26.6. The lowest BCUT2D eigenvalue weighted by Gasteiger charge is -2.27. The van der Waals surface area contributed by atoms with Crippen LogP contribution < -0.4 is 0 Å². The highest BCUT2D eigenvalue weighted by Crippen LogP contribution is 2.35. The van der Waals surface area contributed by atoms with Crippen molar-refractivity contribution in [3.63, 3.8) is 0 Å². The molecule has 0 aromatic heterocycles. The van der Waals surface area contributed by atoms with Crippen LogP contribution in [0, 0.1) is 17.6 Å². The van der Waals surface area contributed by atoms with Crippen LogP contribution in [0.5, 0.6) is 0 Å². The van der Waals surface area contributed by atoms with Gasteiger partial charge < -0.3 is 5.11 Å². The number of aliphatic hydroxyl groups is 1. The topological polar surface area (TPSA) is 57.6 Å². The first-order valence-electron chi connectivity index (χ1n) is 9.07. The molecule has 28 heavy (non-hydrogen) atoms. The Morgan fingerprint density at radius 3 is 2.57 bits per heavy atom. The Balaban J connectivity index is 1.80. The van der Waals surface area contributed by atoms with Gasteiger partial charge in [0.25, 0.3) is 0 Å². The smallest absolute Gasteiger partial charge is 0.235 e. The van der Waals surface area contributed by atoms with E-state index in [0.717, 1.165) is 17.7 Å². The quantitative estimate of drug-likeness (QED) is 0.821. The first-order valence-corrected chi connectivity index (χ1v) is 9.07. The molecule has 2 aromatic carbocycles. The van der Waals surface area contributed by atoms with Crippen LogP contribution >= 0.6 is 0 Å². The number of carbonyl (C=O) groups excluding carboxylic acids is 2. The van der Waals surface area contributed by atoms with E-state index in [1.54, 1.807) is 0 Å². The Morgan fingerprint density at radius 2 is 1.93 bits per heavy atom. The second-order valence-electron chi connectivity index (χ2n) is 6.88. The fourth-order valence-electron chi connectivity index (χ4n) is 3.56. The summed E-state index contributed by atoms with van der Waals surface area (Å²) in [6.07, 6.45) is 0.723. The van der Waals surface area contributed by atoms with E-state index in [0.29, 0.717) is 6.42 Å². The third-order valence-electron chi connectivity index (χ3n) is 5.01. The Bertz CT molecular complexity index is 898. The summed E-state index contributed by atoms with van der Waals surface area (Å²) in [6, 6.07) is 11.9. The van der Waals surface area contributed by atoms with Gasteiger partial charge in [-0.1, -0.05) is 36.9 Å². The fourth-order valence-corrected chi connectivity index (χ4v) is 3.56. The highest BCUT2D eigenvalue weighted by atomic mass is 19.1. The van der Waals surface area contributed by atoms with Crippen molar-refractivity contribution in [3.8, 4) is 0 Å². The summed E-state index contributed by atoms with van der Waals surface area (Å²) in [5.41, 5.74) is 1.19. The van der Waals surface area contributed by atoms with Gasteiger partial charge in [-0.3, -0.25) is 14.5 Å². The molecule has 0 unspecified atom stereocenters. The molecule has 0 saturated carbocycles. The minimum Gasteiger partial charge on any atom is -0.396 e. The lowest BCUT2D eigenvalue weighted by molar-refractivity contribution is -0.147. The van der Waals surface area contributed by atoms with E-state index < -0.39 is 30.1 Å². The Kier molecular flexibility index (Phi) is 5.99. The summed E-state index contributed by atoms with van der Waals surface area (Å²) in [6.45, 7) is 3.27. The van der Waals surface area contributed by atoms with Crippen LogP contribution in [-0.4, -0.2) is 28.4 Å². The van der Waals surface area contributed by atoms with E-state index >= 15 is 0 Å². The first kappa shape index (κ1) is 19.9. The molecule has 0 radical (unpaired) electrons. The minimum absolute atomic E-state index is 0.0385. The number of allylic oxidation sites excluding steroid dienone is 1. The molecule has 1 N–H and O–H groups in total. The third-order valence-corrected chi connectivity index (χ3v) is 5.01. The van der Waals surface area contributed by atoms with Gasteiger partial charge in [0.05, 0.1) is 18.6 Å². The lowest BCUT2D eigenvalue weighted by atomic mass is 9.93. The molecule has 0 aliphatic carbocycles. The maximum atomic E-state index is 14.0. The van der Waals surface area contributed by atoms with E-state index in [-0.39, 0.29) is 35.9 Å². The van der Waals surface area contributed by atoms with Gasteiger partial charge in [-0.2, -0.15) is 0 Å². The van der Waals surface area contributed by atoms with Gasteiger partial charge in [0.1, 0.15) is 11.6 Å². The van der Waals surface area contributed by atoms with Crippen LogP contribution in [-0.2, 0) is 9.59 Å². The molecule has 2 aromatic rings. The van der Waals surface area contributed by atoms with Crippen molar-refractivity contribution in [3.05, 3.63) is 77.9 Å². The van der Waals surface area contributed by atoms with Gasteiger partial charge in [-0.15, -0.1) is 0 Å². The van der Waals surface area contributed by atoms with Gasteiger partial charge in [0, 0.05) is 18.1 Å². The van der Waals surface area contributed by atoms with Crippen molar-refractivity contribution in [2.75, 3.05) is 6.61 Å². The van der Waals surface area contributed by atoms with E-state index in [4.69, 9.17) is 0 Å². The number of aliphatic hydroxyl groups excluding tert-OH is 1. The molecule has 1 aliphatic rings. The van der Waals surface area contributed by atoms with Crippen molar-refractivity contribution in [1.82, 2.24) is 4.90 Å². The molecule has 1 saturated heterocycles. The van der Waals surface area contributed by atoms with Crippen LogP contribution in [0.1, 0.15) is 36.4 Å². The Morgan fingerprint density at radius 1 is 1.21 bits per heavy atom. The molecule has 2 atom stereocenters. The summed E-state index contributed by atoms with van der Waals surface area (Å²) in [5, 5.41) is 9.76. The predicted molar refractivity (Wildman–Crippen MR) is 101 cm³/mol. The highest BCUT2D eigenvalue weighted by molar-refractivity contribution is 5.99. The summed E-state index contributed by atoms with van der Waals surface area (Å²) in [5.74, 6) is -3.24. The van der Waals surface area contributed by atoms with Crippen molar-refractivity contribution in [1.29, 1.82) is 0 Å². The Labute approximate surface area is 162 Å². The van der Waals surface area contributed by atoms with Crippen LogP contribution in [0.3, 0.4) is 0 Å². The van der Waals surface area contributed by atoms with E-state index in [1.807, 2.05) is 30.3 Å². The highest BCUT2D eigenvalue weighted by Gasteiger charge is 2.39. The largest absolute Gasteiger partial charge is 0.396 e. The van der Waals surface area contributed by atoms with Gasteiger partial charge in [0.15, 0.2) is 0 Å². The first-order chi connectivity index (χ1) is 13.4. The van der Waals surface area contributed by atoms with E-state index in [1.165, 1.54) is 11.0 Å². The fraction of sp³-hybridized carbons (Fsp3) is 0.273. The van der Waals surface area contributed by atoms with Crippen molar-refractivity contribution in [2.24, 2.45) is 5.92 Å². The SMILES string of the molecule is C=C(C[C@@H](CO)C(=O)N1C(=O)CC[C@H]1c1ccccc1)c1ccc(F)cc1F. The van der Waals surface area contributed by atoms with Gasteiger partial charge in [-0.05, 0) is 36.1 Å². The van der Waals surface area contributed by atoms with Gasteiger partial charge in [-0.25, -0.2) is 8.78 Å². The second kappa shape index (κ2) is 8.44. The van der Waals surface area contributed by atoms with Crippen molar-refractivity contribution in [2.45, 2.75) is 25.3 Å². The third kappa shape index (κ3) is 4.02. The maximum absolute atomic E-state index is 14.0. The zero-order valence-corrected chi connectivity index (χ0v) is 15.3. The molecule has 1 heterocycles. The number of imide groups is 1. The maximum Gasteiger partial charge on any atom is 0.235 e. The number of halogens is 2. The number of amides is 2. The van der Waals surface area contributed by atoms with Gasteiger partial charge in [0.2, 0.25) is 11.8 Å². The van der Waals surface area contributed by atoms with Crippen molar-refractivity contribution < 1.29 is 23.5 Å². The predicted octanol–water partition coefficient (Wildman–Crippen LogP) is 3.87. The van der Waals surface area contributed by atoms with Crippen molar-refractivity contribution >= 4 is 17.4 Å². The van der Waals surface area contributed by atoms with E-state index in [9.17, 15) is 23.5 Å². The van der Waals surface area contributed by atoms with E-state index in [2.05, 4.69) is 6.58 Å². The molecule has 3 rings (SSSR count). The Hall–Kier alpha value is -2.86. The number of likely N-dealkylation sites (tertiary alicyclic amines) is 1. The molecular formula is C22H21F2NO3. The minimum atomic E-state index is -0.940. The summed E-state index contributed by atoms with van der Waals surface area (Å²) < 4.78 is 27.1. The molecule has 0 bridgehead atoms. The molecule has 1 fully saturated rings. The zero-order chi connectivity index (χ0) is 20.3. The number of hydrogen-bond acceptors (Lipinski definition) is 3. The summed E-state index contributed by atoms with van der Waals surface area (Å²) in [7, 11) is 0. The number of benzene rings is 2. The molecule has 0 spiro atoms. The van der Waals surface area contributed by atoms with Gasteiger partial charge >= 0.3 is 0 Å². The molecule has 6 heteroatoms. The number of hydrogen-bond donors (Lipinski definition) is 1. The molecular weight excluding hydrogens is 364 g/mol. The molecule has 2 amide bonds. The zero-order valence-electron chi connectivity index (χ0n) is 15.3. The standard InChI is InChI=1S/C22H21F2NO3/c1-14(18-8-7-17(23)12-19(18)24)11-16(13-26)22(28)25-20(9-10-21(25)27)15-5-3-2-4-6-15/h2-8,12,16,20,26H,1,9-11,13H2/t16-,20-/m0/s1. The average Bonchev–Trinajstić information content (AvgIpc) is 3.07. The monoisotopic (exact) mass is 385 g/mol. The van der Waals surface area contributed by atoms with Crippen LogP contribution in [0.2, 0.25) is 0 Å². The van der Waals surface area contributed by atoms with Crippen LogP contribution in [0.4, 0.5) is 8.78 Å². The lowest BCUT2D eigenvalue weighted by Crippen LogP contribution is -2.40. The number of carbonyl (C=O) groups is 2. The number of nitrogens with zero attached hydrogens (tertiary/aromatic N) is 1. The molecule has 146 valence electrons. The molecule has 1 aliphatic heterocycles. The van der Waals surface area contributed by atoms with Crippen LogP contribution in [0.15, 0.2) is 55.1 Å².